The van der Waals surface area contributed by atoms with Crippen molar-refractivity contribution < 1.29 is 0 Å². The fraction of sp³-hybridized carbons (Fsp3) is 0.368. The molecule has 0 nitrogen and oxygen atoms in total. The van der Waals surface area contributed by atoms with Gasteiger partial charge in [-0.1, -0.05) is 61.9 Å². The highest BCUT2D eigenvalue weighted by molar-refractivity contribution is 5.26. The Kier molecular flexibility index (Phi) is 5.68. The molecule has 0 atom stereocenters. The first-order valence-corrected chi connectivity index (χ1v) is 7.42. The van der Waals surface area contributed by atoms with Crippen molar-refractivity contribution in [2.75, 3.05) is 0 Å². The summed E-state index contributed by atoms with van der Waals surface area (Å²) in [6.45, 7) is 2.25. The fourth-order valence-corrected chi connectivity index (χ4v) is 2.45. The second-order valence-corrected chi connectivity index (χ2v) is 5.12. The van der Waals surface area contributed by atoms with Gasteiger partial charge in [-0.15, -0.1) is 0 Å². The molecule has 0 fully saturated rings. The summed E-state index contributed by atoms with van der Waals surface area (Å²) in [6.07, 6.45) is 7.27. The molecule has 0 unspecified atom stereocenters. The topological polar surface area (TPSA) is 0 Å². The Morgan fingerprint density at radius 3 is 2.47 bits per heavy atom. The molecule has 0 saturated carbocycles. The van der Waals surface area contributed by atoms with Gasteiger partial charge < -0.3 is 0 Å². The molecule has 99 valence electrons. The summed E-state index contributed by atoms with van der Waals surface area (Å²) in [4.78, 5) is 0. The molecular formula is C19H23. The van der Waals surface area contributed by atoms with Crippen LogP contribution in [0.1, 0.15) is 42.9 Å². The van der Waals surface area contributed by atoms with Crippen LogP contribution in [0.4, 0.5) is 0 Å². The molecule has 1 radical (unpaired) electrons. The Hall–Kier alpha value is -1.56. The first-order valence-electron chi connectivity index (χ1n) is 7.42. The second kappa shape index (κ2) is 7.78. The molecule has 0 aliphatic carbocycles. The molecule has 0 aliphatic rings. The van der Waals surface area contributed by atoms with Gasteiger partial charge in [0.2, 0.25) is 0 Å². The molecule has 0 heteroatoms. The van der Waals surface area contributed by atoms with Crippen LogP contribution < -0.4 is 0 Å². The highest BCUT2D eigenvalue weighted by Crippen LogP contribution is 2.15. The van der Waals surface area contributed by atoms with Crippen molar-refractivity contribution in [2.24, 2.45) is 0 Å². The average molecular weight is 251 g/mol. The van der Waals surface area contributed by atoms with Crippen LogP contribution in [0, 0.1) is 6.07 Å². The van der Waals surface area contributed by atoms with Gasteiger partial charge in [-0.3, -0.25) is 0 Å². The Balaban J connectivity index is 1.88. The normalized spacial score (nSPS) is 10.6. The van der Waals surface area contributed by atoms with E-state index in [0.717, 1.165) is 12.8 Å². The minimum atomic E-state index is 1.15. The zero-order chi connectivity index (χ0) is 13.3. The number of hydrogen-bond acceptors (Lipinski definition) is 0. The Labute approximate surface area is 117 Å². The Morgan fingerprint density at radius 2 is 1.68 bits per heavy atom. The van der Waals surface area contributed by atoms with Crippen molar-refractivity contribution in [3.63, 3.8) is 0 Å². The lowest BCUT2D eigenvalue weighted by Gasteiger charge is -2.08. The summed E-state index contributed by atoms with van der Waals surface area (Å²) < 4.78 is 0. The van der Waals surface area contributed by atoms with Crippen molar-refractivity contribution in [3.05, 3.63) is 71.3 Å². The van der Waals surface area contributed by atoms with Crippen LogP contribution >= 0.6 is 0 Å². The summed E-state index contributed by atoms with van der Waals surface area (Å²) >= 11 is 0. The van der Waals surface area contributed by atoms with E-state index in [1.807, 2.05) is 6.07 Å². The highest BCUT2D eigenvalue weighted by atomic mass is 14.1. The van der Waals surface area contributed by atoms with Crippen LogP contribution in [-0.4, -0.2) is 0 Å². The van der Waals surface area contributed by atoms with Gasteiger partial charge in [0.1, 0.15) is 0 Å². The van der Waals surface area contributed by atoms with E-state index in [4.69, 9.17) is 0 Å². The van der Waals surface area contributed by atoms with Crippen molar-refractivity contribution in [1.82, 2.24) is 0 Å². The number of benzene rings is 2. The monoisotopic (exact) mass is 251 g/mol. The summed E-state index contributed by atoms with van der Waals surface area (Å²) in [5.74, 6) is 0. The van der Waals surface area contributed by atoms with Crippen LogP contribution in [-0.2, 0) is 19.3 Å². The molecule has 19 heavy (non-hydrogen) atoms. The van der Waals surface area contributed by atoms with Crippen LogP contribution in [0.2, 0.25) is 0 Å². The molecule has 0 aliphatic heterocycles. The molecule has 0 amide bonds. The Morgan fingerprint density at radius 1 is 0.842 bits per heavy atom. The van der Waals surface area contributed by atoms with Gasteiger partial charge in [-0.2, -0.15) is 0 Å². The van der Waals surface area contributed by atoms with Gasteiger partial charge in [0.25, 0.3) is 0 Å². The predicted molar refractivity (Wildman–Crippen MR) is 82.4 cm³/mol. The maximum atomic E-state index is 3.43. The molecule has 0 heterocycles. The van der Waals surface area contributed by atoms with E-state index in [1.54, 1.807) is 0 Å². The summed E-state index contributed by atoms with van der Waals surface area (Å²) in [5, 5.41) is 0. The Bertz CT molecular complexity index is 470. The van der Waals surface area contributed by atoms with E-state index in [9.17, 15) is 0 Å². The molecule has 2 rings (SSSR count). The number of aryl methyl sites for hydroxylation is 3. The smallest absolute Gasteiger partial charge is 0.0146 e. The number of hydrogen-bond donors (Lipinski definition) is 0. The van der Waals surface area contributed by atoms with Gasteiger partial charge >= 0.3 is 0 Å². The van der Waals surface area contributed by atoms with Gasteiger partial charge in [-0.25, -0.2) is 0 Å². The lowest BCUT2D eigenvalue weighted by Crippen LogP contribution is -1.96. The largest absolute Gasteiger partial charge is 0.0654 e. The summed E-state index contributed by atoms with van der Waals surface area (Å²) in [5.41, 5.74) is 4.36. The zero-order valence-corrected chi connectivity index (χ0v) is 11.9. The van der Waals surface area contributed by atoms with E-state index in [2.05, 4.69) is 55.5 Å². The molecule has 2 aromatic carbocycles. The van der Waals surface area contributed by atoms with E-state index in [1.165, 1.54) is 42.4 Å². The predicted octanol–water partition coefficient (Wildman–Crippen LogP) is 5.00. The van der Waals surface area contributed by atoms with E-state index < -0.39 is 0 Å². The third kappa shape index (κ3) is 4.55. The van der Waals surface area contributed by atoms with Gasteiger partial charge in [0.15, 0.2) is 0 Å². The minimum absolute atomic E-state index is 1.15. The van der Waals surface area contributed by atoms with Crippen molar-refractivity contribution in [3.8, 4) is 0 Å². The number of unbranched alkanes of at least 4 members (excludes halogenated alkanes) is 1. The quantitative estimate of drug-likeness (QED) is 0.649. The van der Waals surface area contributed by atoms with Crippen LogP contribution in [0.15, 0.2) is 48.5 Å². The number of rotatable bonds is 7. The third-order valence-corrected chi connectivity index (χ3v) is 3.57. The molecular weight excluding hydrogens is 228 g/mol. The van der Waals surface area contributed by atoms with Crippen molar-refractivity contribution >= 4 is 0 Å². The van der Waals surface area contributed by atoms with Crippen molar-refractivity contribution in [2.45, 2.75) is 45.4 Å². The van der Waals surface area contributed by atoms with Crippen LogP contribution in [0.3, 0.4) is 0 Å². The van der Waals surface area contributed by atoms with E-state index in [0.29, 0.717) is 0 Å². The highest BCUT2D eigenvalue weighted by Gasteiger charge is 2.02. The SMILES string of the molecule is CCCCc1ccc[c]c1CCCc1ccccc1. The fourth-order valence-electron chi connectivity index (χ4n) is 2.45. The first-order chi connectivity index (χ1) is 9.40. The molecule has 0 saturated heterocycles. The second-order valence-electron chi connectivity index (χ2n) is 5.12. The average Bonchev–Trinajstić information content (AvgIpc) is 2.47. The maximum absolute atomic E-state index is 3.43. The molecule has 0 spiro atoms. The van der Waals surface area contributed by atoms with E-state index in [-0.39, 0.29) is 0 Å². The summed E-state index contributed by atoms with van der Waals surface area (Å²) in [6, 6.07) is 20.6. The standard InChI is InChI=1S/C19H23/c1-2-3-13-18-14-7-8-15-19(18)16-9-12-17-10-5-4-6-11-17/h4-8,10-11,14H,2-3,9,12-13,16H2,1H3. The van der Waals surface area contributed by atoms with Gasteiger partial charge in [0, 0.05) is 0 Å². The molecule has 2 aromatic rings. The lowest BCUT2D eigenvalue weighted by molar-refractivity contribution is 0.766. The zero-order valence-electron chi connectivity index (χ0n) is 11.9. The van der Waals surface area contributed by atoms with Gasteiger partial charge in [-0.05, 0) is 54.9 Å². The third-order valence-electron chi connectivity index (χ3n) is 3.57. The first kappa shape index (κ1) is 13.9. The summed E-state index contributed by atoms with van der Waals surface area (Å²) in [7, 11) is 0. The maximum Gasteiger partial charge on any atom is -0.0146 e. The molecule has 0 aromatic heterocycles. The minimum Gasteiger partial charge on any atom is -0.0654 e. The van der Waals surface area contributed by atoms with Gasteiger partial charge in [0.05, 0.1) is 0 Å². The van der Waals surface area contributed by atoms with E-state index >= 15 is 0 Å². The lowest BCUT2D eigenvalue weighted by atomic mass is 9.97. The molecule has 0 N–H and O–H groups in total. The molecule has 0 bridgehead atoms. The van der Waals surface area contributed by atoms with Crippen LogP contribution in [0.25, 0.3) is 0 Å². The van der Waals surface area contributed by atoms with Crippen molar-refractivity contribution in [1.29, 1.82) is 0 Å². The van der Waals surface area contributed by atoms with Crippen LogP contribution in [0.5, 0.6) is 0 Å².